The number of carbonyl (C=O) groups is 1. The van der Waals surface area contributed by atoms with Gasteiger partial charge in [-0.2, -0.15) is 0 Å². The van der Waals surface area contributed by atoms with Gasteiger partial charge in [0.25, 0.3) is 10.0 Å². The number of hydrogen-bond donors (Lipinski definition) is 2. The zero-order valence-corrected chi connectivity index (χ0v) is 16.8. The second-order valence-corrected chi connectivity index (χ2v) is 8.33. The van der Waals surface area contributed by atoms with Gasteiger partial charge in [-0.05, 0) is 36.4 Å². The van der Waals surface area contributed by atoms with Gasteiger partial charge < -0.3 is 9.72 Å². The Morgan fingerprint density at radius 3 is 2.73 bits per heavy atom. The normalized spacial score (nSPS) is 11.6. The molecule has 10 heteroatoms. The first-order valence-corrected chi connectivity index (χ1v) is 10.3. The standard InChI is InChI=1S/C20H17FN4O4S/c1-12(26)23-20-22-10-18(24-20)17-11-25(19-7-6-14(29-2)9-16(17)19)30(27,28)15-5-3-4-13(21)8-15/h3-11H,1-2H3,(H2,22,23,24,26). The number of nitrogens with one attached hydrogen (secondary N) is 2. The molecule has 0 aliphatic carbocycles. The molecule has 2 aromatic heterocycles. The van der Waals surface area contributed by atoms with Crippen molar-refractivity contribution in [2.75, 3.05) is 12.4 Å². The summed E-state index contributed by atoms with van der Waals surface area (Å²) in [5.74, 6) is -0.183. The SMILES string of the molecule is COc1ccc2c(c1)c(-c1cnc(NC(C)=O)[nH]1)cn2S(=O)(=O)c1cccc(F)c1. The van der Waals surface area contributed by atoms with Crippen LogP contribution in [0, 0.1) is 5.82 Å². The highest BCUT2D eigenvalue weighted by molar-refractivity contribution is 7.90. The first-order valence-electron chi connectivity index (χ1n) is 8.83. The number of imidazole rings is 1. The molecule has 0 unspecified atom stereocenters. The van der Waals surface area contributed by atoms with Crippen molar-refractivity contribution in [1.29, 1.82) is 0 Å². The van der Waals surface area contributed by atoms with Crippen LogP contribution in [0.1, 0.15) is 6.92 Å². The molecule has 4 rings (SSSR count). The number of halogens is 1. The van der Waals surface area contributed by atoms with Crippen LogP contribution in [0.15, 0.2) is 59.8 Å². The quantitative estimate of drug-likeness (QED) is 0.507. The smallest absolute Gasteiger partial charge is 0.268 e. The van der Waals surface area contributed by atoms with Gasteiger partial charge in [-0.15, -0.1) is 0 Å². The number of H-pyrrole nitrogens is 1. The maximum atomic E-state index is 13.7. The van der Waals surface area contributed by atoms with Crippen molar-refractivity contribution in [2.45, 2.75) is 11.8 Å². The Kier molecular flexibility index (Phi) is 4.78. The number of amides is 1. The Labute approximate surface area is 171 Å². The molecule has 2 heterocycles. The molecule has 0 saturated heterocycles. The van der Waals surface area contributed by atoms with E-state index in [2.05, 4.69) is 15.3 Å². The molecule has 8 nitrogen and oxygen atoms in total. The monoisotopic (exact) mass is 428 g/mol. The Hall–Kier alpha value is -3.66. The fraction of sp³-hybridized carbons (Fsp3) is 0.100. The molecule has 0 aliphatic heterocycles. The highest BCUT2D eigenvalue weighted by Crippen LogP contribution is 2.35. The van der Waals surface area contributed by atoms with E-state index in [4.69, 9.17) is 4.74 Å². The lowest BCUT2D eigenvalue weighted by atomic mass is 10.1. The minimum Gasteiger partial charge on any atom is -0.497 e. The molecule has 0 radical (unpaired) electrons. The van der Waals surface area contributed by atoms with Crippen LogP contribution in [-0.4, -0.2) is 35.4 Å². The minimum absolute atomic E-state index is 0.176. The molecule has 0 saturated carbocycles. The molecular weight excluding hydrogens is 411 g/mol. The van der Waals surface area contributed by atoms with Crippen LogP contribution in [0.3, 0.4) is 0 Å². The van der Waals surface area contributed by atoms with Crippen molar-refractivity contribution < 1.29 is 22.3 Å². The third kappa shape index (κ3) is 3.41. The summed E-state index contributed by atoms with van der Waals surface area (Å²) in [5, 5.41) is 3.11. The summed E-state index contributed by atoms with van der Waals surface area (Å²) in [6, 6.07) is 9.76. The van der Waals surface area contributed by atoms with Gasteiger partial charge in [0.1, 0.15) is 11.6 Å². The summed E-state index contributed by atoms with van der Waals surface area (Å²) in [4.78, 5) is 18.1. The Morgan fingerprint density at radius 2 is 2.03 bits per heavy atom. The van der Waals surface area contributed by atoms with Gasteiger partial charge in [0, 0.05) is 24.1 Å². The molecule has 4 aromatic rings. The molecule has 0 aliphatic rings. The lowest BCUT2D eigenvalue weighted by Gasteiger charge is -2.08. The number of fused-ring (bicyclic) bond motifs is 1. The average Bonchev–Trinajstić information content (AvgIpc) is 3.31. The van der Waals surface area contributed by atoms with E-state index in [1.54, 1.807) is 18.2 Å². The number of methoxy groups -OCH3 is 1. The molecule has 0 atom stereocenters. The van der Waals surface area contributed by atoms with Crippen LogP contribution in [-0.2, 0) is 14.8 Å². The topological polar surface area (TPSA) is 106 Å². The van der Waals surface area contributed by atoms with Crippen LogP contribution >= 0.6 is 0 Å². The fourth-order valence-electron chi connectivity index (χ4n) is 3.15. The third-order valence-corrected chi connectivity index (χ3v) is 6.16. The van der Waals surface area contributed by atoms with Crippen LogP contribution in [0.4, 0.5) is 10.3 Å². The lowest BCUT2D eigenvalue weighted by molar-refractivity contribution is -0.114. The largest absolute Gasteiger partial charge is 0.497 e. The number of aromatic amines is 1. The van der Waals surface area contributed by atoms with E-state index in [0.717, 1.165) is 10.0 Å². The summed E-state index contributed by atoms with van der Waals surface area (Å²) in [6.07, 6.45) is 2.91. The Balaban J connectivity index is 1.94. The van der Waals surface area contributed by atoms with E-state index >= 15 is 0 Å². The maximum absolute atomic E-state index is 13.7. The second-order valence-electron chi connectivity index (χ2n) is 6.51. The Morgan fingerprint density at radius 1 is 1.23 bits per heavy atom. The highest BCUT2D eigenvalue weighted by Gasteiger charge is 2.23. The molecule has 30 heavy (non-hydrogen) atoms. The van der Waals surface area contributed by atoms with Crippen LogP contribution in [0.5, 0.6) is 5.75 Å². The maximum Gasteiger partial charge on any atom is 0.268 e. The van der Waals surface area contributed by atoms with Gasteiger partial charge in [0.15, 0.2) is 0 Å². The molecule has 0 bridgehead atoms. The van der Waals surface area contributed by atoms with Gasteiger partial charge >= 0.3 is 0 Å². The number of rotatable bonds is 5. The summed E-state index contributed by atoms with van der Waals surface area (Å²) >= 11 is 0. The van der Waals surface area contributed by atoms with Gasteiger partial charge in [0.05, 0.1) is 29.4 Å². The summed E-state index contributed by atoms with van der Waals surface area (Å²) < 4.78 is 46.5. The highest BCUT2D eigenvalue weighted by atomic mass is 32.2. The van der Waals surface area contributed by atoms with Crippen LogP contribution in [0.25, 0.3) is 22.2 Å². The lowest BCUT2D eigenvalue weighted by Crippen LogP contribution is -2.12. The third-order valence-electron chi connectivity index (χ3n) is 4.49. The van der Waals surface area contributed by atoms with E-state index in [1.165, 1.54) is 44.6 Å². The van der Waals surface area contributed by atoms with Crippen molar-refractivity contribution in [3.05, 3.63) is 60.7 Å². The summed E-state index contributed by atoms with van der Waals surface area (Å²) in [5.41, 5.74) is 1.39. The van der Waals surface area contributed by atoms with Crippen molar-refractivity contribution >= 4 is 32.8 Å². The first-order chi connectivity index (χ1) is 14.3. The van der Waals surface area contributed by atoms with Crippen molar-refractivity contribution in [3.8, 4) is 17.0 Å². The molecule has 2 N–H and O–H groups in total. The second kappa shape index (κ2) is 7.30. The van der Waals surface area contributed by atoms with E-state index < -0.39 is 15.8 Å². The predicted octanol–water partition coefficient (Wildman–Crippen LogP) is 3.37. The number of aromatic nitrogens is 3. The number of ether oxygens (including phenoxy) is 1. The predicted molar refractivity (Wildman–Crippen MR) is 109 cm³/mol. The molecule has 1 amide bonds. The minimum atomic E-state index is -4.08. The molecule has 2 aromatic carbocycles. The zero-order valence-electron chi connectivity index (χ0n) is 16.0. The van der Waals surface area contributed by atoms with Gasteiger partial charge in [0.2, 0.25) is 11.9 Å². The Bertz CT molecular complexity index is 1370. The number of hydrogen-bond acceptors (Lipinski definition) is 5. The number of carbonyl (C=O) groups excluding carboxylic acids is 1. The molecule has 154 valence electrons. The summed E-state index contributed by atoms with van der Waals surface area (Å²) in [7, 11) is -2.57. The van der Waals surface area contributed by atoms with E-state index in [9.17, 15) is 17.6 Å². The number of benzene rings is 2. The van der Waals surface area contributed by atoms with E-state index in [0.29, 0.717) is 27.9 Å². The van der Waals surface area contributed by atoms with E-state index in [-0.39, 0.29) is 16.8 Å². The molecule has 0 spiro atoms. The number of nitrogens with zero attached hydrogens (tertiary/aromatic N) is 2. The molecular formula is C20H17FN4O4S. The first kappa shape index (κ1) is 19.6. The fourth-order valence-corrected chi connectivity index (χ4v) is 4.55. The summed E-state index contributed by atoms with van der Waals surface area (Å²) in [6.45, 7) is 1.35. The van der Waals surface area contributed by atoms with Crippen LogP contribution in [0.2, 0.25) is 0 Å². The van der Waals surface area contributed by atoms with Crippen molar-refractivity contribution in [2.24, 2.45) is 0 Å². The van der Waals surface area contributed by atoms with Gasteiger partial charge in [-0.1, -0.05) is 6.07 Å². The van der Waals surface area contributed by atoms with Crippen molar-refractivity contribution in [3.63, 3.8) is 0 Å². The number of anilines is 1. The zero-order chi connectivity index (χ0) is 21.5. The molecule has 0 fully saturated rings. The van der Waals surface area contributed by atoms with E-state index in [1.807, 2.05) is 0 Å². The van der Waals surface area contributed by atoms with Crippen LogP contribution < -0.4 is 10.1 Å². The van der Waals surface area contributed by atoms with Crippen molar-refractivity contribution in [1.82, 2.24) is 13.9 Å². The average molecular weight is 428 g/mol. The van der Waals surface area contributed by atoms with Gasteiger partial charge in [-0.3, -0.25) is 10.1 Å². The van der Waals surface area contributed by atoms with Gasteiger partial charge in [-0.25, -0.2) is 21.8 Å².